The summed E-state index contributed by atoms with van der Waals surface area (Å²) in [5.41, 5.74) is 2.01. The van der Waals surface area contributed by atoms with E-state index in [0.29, 0.717) is 6.10 Å². The molecule has 0 amide bonds. The number of ether oxygens (including phenoxy) is 2. The Labute approximate surface area is 115 Å². The Kier molecular flexibility index (Phi) is 5.61. The maximum atomic E-state index is 5.85. The number of rotatable bonds is 7. The van der Waals surface area contributed by atoms with E-state index in [4.69, 9.17) is 9.47 Å². The van der Waals surface area contributed by atoms with Gasteiger partial charge in [0.1, 0.15) is 5.75 Å². The second-order valence-electron chi connectivity index (χ2n) is 5.05. The quantitative estimate of drug-likeness (QED) is 0.768. The third-order valence-corrected chi connectivity index (χ3v) is 3.37. The van der Waals surface area contributed by atoms with Gasteiger partial charge < -0.3 is 14.8 Å². The molecule has 1 unspecified atom stereocenters. The van der Waals surface area contributed by atoms with E-state index in [2.05, 4.69) is 10.3 Å². The lowest BCUT2D eigenvalue weighted by molar-refractivity contribution is 0.0980. The molecule has 0 spiro atoms. The molecule has 0 saturated carbocycles. The SMILES string of the molecule is CNCc1nc(C)ccc1OCCCC1CCCO1. The van der Waals surface area contributed by atoms with Crippen molar-refractivity contribution in [2.45, 2.75) is 45.3 Å². The fourth-order valence-electron chi connectivity index (χ4n) is 2.39. The van der Waals surface area contributed by atoms with E-state index in [1.165, 1.54) is 12.8 Å². The molecule has 1 fully saturated rings. The molecule has 1 atom stereocenters. The van der Waals surface area contributed by atoms with E-state index in [1.807, 2.05) is 26.1 Å². The smallest absolute Gasteiger partial charge is 0.142 e. The molecule has 1 saturated heterocycles. The maximum absolute atomic E-state index is 5.85. The van der Waals surface area contributed by atoms with Crippen LogP contribution in [0.2, 0.25) is 0 Å². The van der Waals surface area contributed by atoms with E-state index in [-0.39, 0.29) is 0 Å². The van der Waals surface area contributed by atoms with E-state index in [9.17, 15) is 0 Å². The van der Waals surface area contributed by atoms with Gasteiger partial charge >= 0.3 is 0 Å². The van der Waals surface area contributed by atoms with Crippen LogP contribution in [-0.4, -0.2) is 31.3 Å². The summed E-state index contributed by atoms with van der Waals surface area (Å²) in [4.78, 5) is 4.51. The molecule has 0 bridgehead atoms. The summed E-state index contributed by atoms with van der Waals surface area (Å²) in [5, 5.41) is 3.12. The van der Waals surface area contributed by atoms with Crippen molar-refractivity contribution in [1.29, 1.82) is 0 Å². The molecule has 4 nitrogen and oxygen atoms in total. The molecule has 0 radical (unpaired) electrons. The van der Waals surface area contributed by atoms with E-state index < -0.39 is 0 Å². The van der Waals surface area contributed by atoms with Gasteiger partial charge in [-0.25, -0.2) is 0 Å². The zero-order valence-electron chi connectivity index (χ0n) is 11.9. The Morgan fingerprint density at radius 2 is 2.37 bits per heavy atom. The Hall–Kier alpha value is -1.13. The summed E-state index contributed by atoms with van der Waals surface area (Å²) in [6.07, 6.45) is 5.01. The van der Waals surface area contributed by atoms with Gasteiger partial charge in [-0.3, -0.25) is 4.98 Å². The van der Waals surface area contributed by atoms with Crippen LogP contribution in [0.3, 0.4) is 0 Å². The Balaban J connectivity index is 1.77. The zero-order chi connectivity index (χ0) is 13.5. The Morgan fingerprint density at radius 3 is 3.11 bits per heavy atom. The minimum absolute atomic E-state index is 0.455. The number of pyridine rings is 1. The van der Waals surface area contributed by atoms with Crippen LogP contribution in [-0.2, 0) is 11.3 Å². The van der Waals surface area contributed by atoms with Gasteiger partial charge in [0.05, 0.1) is 18.4 Å². The minimum Gasteiger partial charge on any atom is -0.492 e. The average Bonchev–Trinajstić information content (AvgIpc) is 2.90. The second-order valence-corrected chi connectivity index (χ2v) is 5.05. The molecule has 2 heterocycles. The van der Waals surface area contributed by atoms with Crippen LogP contribution < -0.4 is 10.1 Å². The van der Waals surface area contributed by atoms with E-state index in [0.717, 1.165) is 49.7 Å². The summed E-state index contributed by atoms with van der Waals surface area (Å²) >= 11 is 0. The highest BCUT2D eigenvalue weighted by molar-refractivity contribution is 5.29. The van der Waals surface area contributed by atoms with E-state index in [1.54, 1.807) is 0 Å². The Bertz CT molecular complexity index is 390. The molecule has 106 valence electrons. The predicted molar refractivity (Wildman–Crippen MR) is 75.4 cm³/mol. The lowest BCUT2D eigenvalue weighted by Gasteiger charge is -2.12. The molecule has 1 aromatic heterocycles. The van der Waals surface area contributed by atoms with Crippen molar-refractivity contribution < 1.29 is 9.47 Å². The topological polar surface area (TPSA) is 43.4 Å². The summed E-state index contributed by atoms with van der Waals surface area (Å²) in [5.74, 6) is 0.896. The van der Waals surface area contributed by atoms with Crippen molar-refractivity contribution in [1.82, 2.24) is 10.3 Å². The molecule has 1 N–H and O–H groups in total. The highest BCUT2D eigenvalue weighted by atomic mass is 16.5. The molecule has 1 aliphatic rings. The number of aromatic nitrogens is 1. The first kappa shape index (κ1) is 14.3. The molecule has 1 aromatic rings. The monoisotopic (exact) mass is 264 g/mol. The van der Waals surface area contributed by atoms with Crippen LogP contribution in [0.4, 0.5) is 0 Å². The third kappa shape index (κ3) is 4.48. The predicted octanol–water partition coefficient (Wildman–Crippen LogP) is 2.45. The molecule has 0 aromatic carbocycles. The van der Waals surface area contributed by atoms with Crippen LogP contribution in [0.1, 0.15) is 37.1 Å². The fraction of sp³-hybridized carbons (Fsp3) is 0.667. The highest BCUT2D eigenvalue weighted by Crippen LogP contribution is 2.19. The normalized spacial score (nSPS) is 18.7. The van der Waals surface area contributed by atoms with Crippen molar-refractivity contribution >= 4 is 0 Å². The summed E-state index contributed by atoms with van der Waals surface area (Å²) in [6.45, 7) is 4.41. The number of nitrogens with one attached hydrogen (secondary N) is 1. The second kappa shape index (κ2) is 7.46. The van der Waals surface area contributed by atoms with Crippen LogP contribution in [0, 0.1) is 6.92 Å². The summed E-state index contributed by atoms with van der Waals surface area (Å²) in [6, 6.07) is 4.01. The number of nitrogens with zero attached hydrogens (tertiary/aromatic N) is 1. The van der Waals surface area contributed by atoms with Crippen LogP contribution in [0.25, 0.3) is 0 Å². The van der Waals surface area contributed by atoms with Crippen LogP contribution in [0.5, 0.6) is 5.75 Å². The van der Waals surface area contributed by atoms with Crippen molar-refractivity contribution in [2.24, 2.45) is 0 Å². The molecular weight excluding hydrogens is 240 g/mol. The first-order chi connectivity index (χ1) is 9.29. The lowest BCUT2D eigenvalue weighted by Crippen LogP contribution is -2.12. The zero-order valence-corrected chi connectivity index (χ0v) is 11.9. The van der Waals surface area contributed by atoms with Crippen LogP contribution in [0.15, 0.2) is 12.1 Å². The number of hydrogen-bond acceptors (Lipinski definition) is 4. The van der Waals surface area contributed by atoms with Gasteiger partial charge in [-0.15, -0.1) is 0 Å². The molecule has 2 rings (SSSR count). The molecule has 0 aliphatic carbocycles. The molecular formula is C15H24N2O2. The molecule has 1 aliphatic heterocycles. The summed E-state index contributed by atoms with van der Waals surface area (Å²) in [7, 11) is 1.92. The van der Waals surface area contributed by atoms with E-state index >= 15 is 0 Å². The number of hydrogen-bond donors (Lipinski definition) is 1. The Morgan fingerprint density at radius 1 is 1.47 bits per heavy atom. The van der Waals surface area contributed by atoms with Gasteiger partial charge in [-0.1, -0.05) is 0 Å². The fourth-order valence-corrected chi connectivity index (χ4v) is 2.39. The molecule has 19 heavy (non-hydrogen) atoms. The van der Waals surface area contributed by atoms with Crippen molar-refractivity contribution in [3.63, 3.8) is 0 Å². The van der Waals surface area contributed by atoms with Gasteiger partial charge in [0.15, 0.2) is 0 Å². The first-order valence-electron chi connectivity index (χ1n) is 7.15. The minimum atomic E-state index is 0.455. The highest BCUT2D eigenvalue weighted by Gasteiger charge is 2.14. The van der Waals surface area contributed by atoms with Crippen molar-refractivity contribution in [2.75, 3.05) is 20.3 Å². The third-order valence-electron chi connectivity index (χ3n) is 3.37. The molecule has 4 heteroatoms. The summed E-state index contributed by atoms with van der Waals surface area (Å²) < 4.78 is 11.5. The average molecular weight is 264 g/mol. The van der Waals surface area contributed by atoms with Gasteiger partial charge in [-0.05, 0) is 51.8 Å². The van der Waals surface area contributed by atoms with Gasteiger partial charge in [0, 0.05) is 18.8 Å². The van der Waals surface area contributed by atoms with Crippen LogP contribution >= 0.6 is 0 Å². The maximum Gasteiger partial charge on any atom is 0.142 e. The van der Waals surface area contributed by atoms with Gasteiger partial charge in [0.2, 0.25) is 0 Å². The lowest BCUT2D eigenvalue weighted by atomic mass is 10.1. The van der Waals surface area contributed by atoms with Gasteiger partial charge in [-0.2, -0.15) is 0 Å². The van der Waals surface area contributed by atoms with Gasteiger partial charge in [0.25, 0.3) is 0 Å². The first-order valence-corrected chi connectivity index (χ1v) is 7.15. The number of aryl methyl sites for hydroxylation is 1. The standard InChI is InChI=1S/C15H24N2O2/c1-12-7-8-15(14(17-12)11-16-2)19-10-4-6-13-5-3-9-18-13/h7-8,13,16H,3-6,9-11H2,1-2H3. The largest absolute Gasteiger partial charge is 0.492 e. The van der Waals surface area contributed by atoms with Crippen molar-refractivity contribution in [3.8, 4) is 5.75 Å². The van der Waals surface area contributed by atoms with Crippen molar-refractivity contribution in [3.05, 3.63) is 23.5 Å².